The molecule has 2 aromatic rings. The van der Waals surface area contributed by atoms with Gasteiger partial charge in [0.25, 0.3) is 0 Å². The fourth-order valence-corrected chi connectivity index (χ4v) is 2.97. The maximum Gasteiger partial charge on any atom is 0.129 e. The molecule has 0 radical (unpaired) electrons. The third kappa shape index (κ3) is 2.59. The molecule has 0 saturated carbocycles. The van der Waals surface area contributed by atoms with E-state index in [0.29, 0.717) is 0 Å². The molecule has 2 rings (SSSR count). The van der Waals surface area contributed by atoms with Gasteiger partial charge in [0, 0.05) is 27.8 Å². The van der Waals surface area contributed by atoms with Gasteiger partial charge in [0.15, 0.2) is 0 Å². The Morgan fingerprint density at radius 2 is 2.44 bits per heavy atom. The summed E-state index contributed by atoms with van der Waals surface area (Å²) in [6, 6.07) is 2.13. The van der Waals surface area contributed by atoms with Crippen molar-refractivity contribution in [1.29, 1.82) is 0 Å². The second-order valence-electron chi connectivity index (χ2n) is 3.28. The minimum absolute atomic E-state index is 0.120. The van der Waals surface area contributed by atoms with Crippen molar-refractivity contribution in [2.24, 2.45) is 5.84 Å². The first-order chi connectivity index (χ1) is 7.83. The zero-order valence-electron chi connectivity index (χ0n) is 8.84. The van der Waals surface area contributed by atoms with Gasteiger partial charge in [-0.15, -0.1) is 22.7 Å². The van der Waals surface area contributed by atoms with Crippen LogP contribution in [-0.2, 0) is 6.42 Å². The summed E-state index contributed by atoms with van der Waals surface area (Å²) in [5, 5.41) is 1.98. The Morgan fingerprint density at radius 1 is 1.56 bits per heavy atom. The van der Waals surface area contributed by atoms with Crippen LogP contribution in [0.3, 0.4) is 0 Å². The quantitative estimate of drug-likeness (QED) is 0.633. The van der Waals surface area contributed by atoms with E-state index in [0.717, 1.165) is 12.2 Å². The van der Waals surface area contributed by atoms with E-state index in [1.54, 1.807) is 29.8 Å². The summed E-state index contributed by atoms with van der Waals surface area (Å²) in [4.78, 5) is 6.44. The molecule has 0 aromatic carbocycles. The van der Waals surface area contributed by atoms with Crippen molar-refractivity contribution in [2.45, 2.75) is 12.5 Å². The highest BCUT2D eigenvalue weighted by atomic mass is 32.1. The van der Waals surface area contributed by atoms with E-state index >= 15 is 0 Å². The molecule has 0 amide bonds. The van der Waals surface area contributed by atoms with Crippen LogP contribution in [0.4, 0.5) is 0 Å². The van der Waals surface area contributed by atoms with Crippen molar-refractivity contribution >= 4 is 22.7 Å². The number of methoxy groups -OCH3 is 1. The molecule has 0 spiro atoms. The second kappa shape index (κ2) is 5.40. The van der Waals surface area contributed by atoms with Crippen molar-refractivity contribution in [3.05, 3.63) is 32.9 Å². The van der Waals surface area contributed by atoms with Gasteiger partial charge in [-0.2, -0.15) is 0 Å². The lowest BCUT2D eigenvalue weighted by atomic mass is 10.1. The molecule has 0 fully saturated rings. The molecular formula is C10H13N3OS2. The van der Waals surface area contributed by atoms with E-state index in [2.05, 4.69) is 10.4 Å². The monoisotopic (exact) mass is 255 g/mol. The normalized spacial score (nSPS) is 12.6. The molecule has 1 atom stereocenters. The number of hydrazine groups is 1. The van der Waals surface area contributed by atoms with Gasteiger partial charge in [-0.3, -0.25) is 16.3 Å². The number of hydrogen-bond donors (Lipinski definition) is 2. The number of ether oxygens (including phenoxy) is 1. The Morgan fingerprint density at radius 3 is 3.00 bits per heavy atom. The summed E-state index contributed by atoms with van der Waals surface area (Å²) < 4.78 is 5.16. The summed E-state index contributed by atoms with van der Waals surface area (Å²) in [5.41, 5.74) is 4.66. The van der Waals surface area contributed by atoms with Crippen LogP contribution in [0.5, 0.6) is 5.75 Å². The first-order valence-corrected chi connectivity index (χ1v) is 6.55. The number of thiophene rings is 1. The van der Waals surface area contributed by atoms with Gasteiger partial charge in [-0.1, -0.05) is 0 Å². The Bertz CT molecular complexity index is 427. The molecule has 1 unspecified atom stereocenters. The highest BCUT2D eigenvalue weighted by molar-refractivity contribution is 7.10. The van der Waals surface area contributed by atoms with Gasteiger partial charge in [0.1, 0.15) is 5.75 Å². The molecule has 6 heteroatoms. The number of nitrogens with one attached hydrogen (secondary N) is 1. The maximum absolute atomic E-state index is 5.57. The summed E-state index contributed by atoms with van der Waals surface area (Å²) in [6.07, 6.45) is 2.73. The Labute approximate surface area is 102 Å². The van der Waals surface area contributed by atoms with Gasteiger partial charge in [-0.05, 0) is 6.07 Å². The summed E-state index contributed by atoms with van der Waals surface area (Å²) in [7, 11) is 1.67. The smallest absolute Gasteiger partial charge is 0.129 e. The molecular weight excluding hydrogens is 242 g/mol. The number of rotatable bonds is 5. The van der Waals surface area contributed by atoms with Crippen molar-refractivity contribution in [1.82, 2.24) is 10.4 Å². The summed E-state index contributed by atoms with van der Waals surface area (Å²) in [5.74, 6) is 6.45. The van der Waals surface area contributed by atoms with Crippen LogP contribution in [0.15, 0.2) is 23.2 Å². The number of hydrogen-bond acceptors (Lipinski definition) is 6. The van der Waals surface area contributed by atoms with Gasteiger partial charge < -0.3 is 4.74 Å². The SMILES string of the molecule is COc1csc(C(Cc2cncs2)NN)c1. The number of thiazole rings is 1. The molecule has 0 saturated heterocycles. The zero-order valence-corrected chi connectivity index (χ0v) is 10.5. The fraction of sp³-hybridized carbons (Fsp3) is 0.300. The fourth-order valence-electron chi connectivity index (χ4n) is 1.41. The third-order valence-corrected chi connectivity index (χ3v) is 4.09. The minimum Gasteiger partial charge on any atom is -0.496 e. The standard InChI is InChI=1S/C10H13N3OS2/c1-14-7-2-10(15-5-7)9(13-11)3-8-4-12-6-16-8/h2,4-6,9,13H,3,11H2,1H3. The van der Waals surface area contributed by atoms with Gasteiger partial charge >= 0.3 is 0 Å². The lowest BCUT2D eigenvalue weighted by Gasteiger charge is -2.12. The van der Waals surface area contributed by atoms with Crippen molar-refractivity contribution in [3.63, 3.8) is 0 Å². The second-order valence-corrected chi connectivity index (χ2v) is 5.19. The van der Waals surface area contributed by atoms with Crippen LogP contribution in [0.25, 0.3) is 0 Å². The average molecular weight is 255 g/mol. The van der Waals surface area contributed by atoms with E-state index in [9.17, 15) is 0 Å². The lowest BCUT2D eigenvalue weighted by molar-refractivity contribution is 0.415. The van der Waals surface area contributed by atoms with E-state index in [-0.39, 0.29) is 6.04 Å². The lowest BCUT2D eigenvalue weighted by Crippen LogP contribution is -2.28. The van der Waals surface area contributed by atoms with Gasteiger partial charge in [-0.25, -0.2) is 0 Å². The molecule has 2 aromatic heterocycles. The van der Waals surface area contributed by atoms with Crippen LogP contribution in [0, 0.1) is 0 Å². The van der Waals surface area contributed by atoms with Crippen LogP contribution >= 0.6 is 22.7 Å². The van der Waals surface area contributed by atoms with Gasteiger partial charge in [0.05, 0.1) is 18.7 Å². The molecule has 0 aliphatic carbocycles. The predicted octanol–water partition coefficient (Wildman–Crippen LogP) is 1.96. The third-order valence-electron chi connectivity index (χ3n) is 2.26. The predicted molar refractivity (Wildman–Crippen MR) is 66.8 cm³/mol. The Hall–Kier alpha value is -0.950. The number of nitrogens with zero attached hydrogens (tertiary/aromatic N) is 1. The first-order valence-electron chi connectivity index (χ1n) is 4.79. The molecule has 2 heterocycles. The molecule has 0 bridgehead atoms. The van der Waals surface area contributed by atoms with E-state index < -0.39 is 0 Å². The van der Waals surface area contributed by atoms with E-state index in [1.165, 1.54) is 9.75 Å². The van der Waals surface area contributed by atoms with E-state index in [4.69, 9.17) is 10.6 Å². The highest BCUT2D eigenvalue weighted by Gasteiger charge is 2.14. The number of nitrogens with two attached hydrogens (primary N) is 1. The highest BCUT2D eigenvalue weighted by Crippen LogP contribution is 2.29. The molecule has 3 N–H and O–H groups in total. The average Bonchev–Trinajstić information content (AvgIpc) is 2.96. The summed E-state index contributed by atoms with van der Waals surface area (Å²) >= 11 is 3.29. The van der Waals surface area contributed by atoms with Crippen LogP contribution in [-0.4, -0.2) is 12.1 Å². The van der Waals surface area contributed by atoms with Crippen LogP contribution < -0.4 is 16.0 Å². The Balaban J connectivity index is 2.10. The molecule has 16 heavy (non-hydrogen) atoms. The first kappa shape index (κ1) is 11.5. The number of aromatic nitrogens is 1. The summed E-state index contributed by atoms with van der Waals surface area (Å²) in [6.45, 7) is 0. The maximum atomic E-state index is 5.57. The van der Waals surface area contributed by atoms with Crippen molar-refractivity contribution < 1.29 is 4.74 Å². The Kier molecular flexibility index (Phi) is 3.89. The van der Waals surface area contributed by atoms with Crippen LogP contribution in [0.2, 0.25) is 0 Å². The molecule has 0 aliphatic rings. The molecule has 0 aliphatic heterocycles. The topological polar surface area (TPSA) is 60.2 Å². The minimum atomic E-state index is 0.120. The van der Waals surface area contributed by atoms with Crippen molar-refractivity contribution in [3.8, 4) is 5.75 Å². The van der Waals surface area contributed by atoms with Gasteiger partial charge in [0.2, 0.25) is 0 Å². The zero-order chi connectivity index (χ0) is 11.4. The van der Waals surface area contributed by atoms with Crippen LogP contribution in [0.1, 0.15) is 15.8 Å². The molecule has 86 valence electrons. The largest absolute Gasteiger partial charge is 0.496 e. The van der Waals surface area contributed by atoms with Crippen molar-refractivity contribution in [2.75, 3.05) is 7.11 Å². The molecule has 4 nitrogen and oxygen atoms in total. The van der Waals surface area contributed by atoms with E-state index in [1.807, 2.05) is 23.2 Å².